The summed E-state index contributed by atoms with van der Waals surface area (Å²) in [4.78, 5) is 0. The van der Waals surface area contributed by atoms with Crippen molar-refractivity contribution in [2.75, 3.05) is 11.5 Å². The molecule has 0 unspecified atom stereocenters. The predicted octanol–water partition coefficient (Wildman–Crippen LogP) is 8.21. The van der Waals surface area contributed by atoms with Crippen molar-refractivity contribution in [3.8, 4) is 0 Å². The Morgan fingerprint density at radius 1 is 0.500 bits per heavy atom. The minimum absolute atomic E-state index is 1.09. The highest BCUT2D eigenvalue weighted by Gasteiger charge is 1.94. The average Bonchev–Trinajstić information content (AvgIpc) is 2.54. The molecule has 0 spiro atoms. The van der Waals surface area contributed by atoms with Crippen LogP contribution in [0.25, 0.3) is 0 Å². The Kier molecular flexibility index (Phi) is 21.7. The van der Waals surface area contributed by atoms with E-state index in [4.69, 9.17) is 0 Å². The van der Waals surface area contributed by atoms with Gasteiger partial charge < -0.3 is 0 Å². The lowest BCUT2D eigenvalue weighted by atomic mass is 10.0. The molecule has 0 rings (SSSR count). The van der Waals surface area contributed by atoms with Crippen molar-refractivity contribution < 1.29 is 0 Å². The Morgan fingerprint density at radius 2 is 0.864 bits per heavy atom. The molecule has 0 aliphatic carbocycles. The van der Waals surface area contributed by atoms with E-state index in [0.29, 0.717) is 0 Å². The SMILES string of the molecule is [CH2]CCSCCCCCCCCCCCCCCCCCC. The summed E-state index contributed by atoms with van der Waals surface area (Å²) in [6.07, 6.45) is 24.5. The molecule has 0 aliphatic rings. The first kappa shape index (κ1) is 22.4. The normalized spacial score (nSPS) is 11.2. The van der Waals surface area contributed by atoms with Gasteiger partial charge in [-0.25, -0.2) is 0 Å². The van der Waals surface area contributed by atoms with Crippen molar-refractivity contribution in [2.45, 2.75) is 116 Å². The molecule has 1 radical (unpaired) electrons. The van der Waals surface area contributed by atoms with Crippen molar-refractivity contribution in [1.82, 2.24) is 0 Å². The summed E-state index contributed by atoms with van der Waals surface area (Å²) in [5, 5.41) is 0. The molecule has 133 valence electrons. The van der Waals surface area contributed by atoms with Gasteiger partial charge in [0.2, 0.25) is 0 Å². The number of hydrogen-bond donors (Lipinski definition) is 0. The fraction of sp³-hybridized carbons (Fsp3) is 0.952. The lowest BCUT2D eigenvalue weighted by Crippen LogP contribution is -1.85. The topological polar surface area (TPSA) is 0 Å². The summed E-state index contributed by atoms with van der Waals surface area (Å²) in [7, 11) is 0. The van der Waals surface area contributed by atoms with E-state index in [1.165, 1.54) is 114 Å². The molecule has 0 bridgehead atoms. The van der Waals surface area contributed by atoms with Gasteiger partial charge in [0, 0.05) is 0 Å². The molecule has 1 heteroatoms. The first-order valence-corrected chi connectivity index (χ1v) is 11.4. The van der Waals surface area contributed by atoms with Gasteiger partial charge in [0.05, 0.1) is 0 Å². The molecule has 0 aliphatic heterocycles. The Morgan fingerprint density at radius 3 is 1.23 bits per heavy atom. The molecule has 0 atom stereocenters. The zero-order valence-electron chi connectivity index (χ0n) is 15.6. The summed E-state index contributed by atoms with van der Waals surface area (Å²) in [6, 6.07) is 0. The van der Waals surface area contributed by atoms with Crippen molar-refractivity contribution in [2.24, 2.45) is 0 Å². The van der Waals surface area contributed by atoms with Crippen molar-refractivity contribution in [3.63, 3.8) is 0 Å². The van der Waals surface area contributed by atoms with Crippen molar-refractivity contribution in [1.29, 1.82) is 0 Å². The molecule has 0 heterocycles. The third kappa shape index (κ3) is 20.3. The Labute approximate surface area is 146 Å². The van der Waals surface area contributed by atoms with E-state index >= 15 is 0 Å². The monoisotopic (exact) mass is 327 g/mol. The van der Waals surface area contributed by atoms with Crippen LogP contribution < -0.4 is 0 Å². The van der Waals surface area contributed by atoms with Crippen molar-refractivity contribution in [3.05, 3.63) is 6.92 Å². The van der Waals surface area contributed by atoms with Gasteiger partial charge in [-0.1, -0.05) is 110 Å². The summed E-state index contributed by atoms with van der Waals surface area (Å²) in [6.45, 7) is 6.18. The molecule has 0 amide bonds. The van der Waals surface area contributed by atoms with E-state index in [1.807, 2.05) is 0 Å². The fourth-order valence-electron chi connectivity index (χ4n) is 2.96. The van der Waals surface area contributed by atoms with Crippen LogP contribution in [0.3, 0.4) is 0 Å². The zero-order chi connectivity index (χ0) is 16.1. The van der Waals surface area contributed by atoms with E-state index in [9.17, 15) is 0 Å². The van der Waals surface area contributed by atoms with Crippen LogP contribution in [0.5, 0.6) is 0 Å². The summed E-state index contributed by atoms with van der Waals surface area (Å²) >= 11 is 2.08. The second kappa shape index (κ2) is 21.4. The van der Waals surface area contributed by atoms with Gasteiger partial charge in [-0.2, -0.15) is 11.8 Å². The smallest absolute Gasteiger partial charge is 0.00675 e. The van der Waals surface area contributed by atoms with Gasteiger partial charge in [0.25, 0.3) is 0 Å². The second-order valence-electron chi connectivity index (χ2n) is 6.77. The number of unbranched alkanes of at least 4 members (excludes halogenated alkanes) is 15. The van der Waals surface area contributed by atoms with Gasteiger partial charge in [-0.15, -0.1) is 0 Å². The maximum absolute atomic E-state index is 3.88. The molecule has 0 saturated heterocycles. The molecular formula is C21H43S. The fourth-order valence-corrected chi connectivity index (χ4v) is 3.77. The van der Waals surface area contributed by atoms with Gasteiger partial charge in [0.15, 0.2) is 0 Å². The molecule has 22 heavy (non-hydrogen) atoms. The van der Waals surface area contributed by atoms with Crippen LogP contribution in [0, 0.1) is 6.92 Å². The van der Waals surface area contributed by atoms with Crippen LogP contribution in [0.2, 0.25) is 0 Å². The minimum atomic E-state index is 1.09. The van der Waals surface area contributed by atoms with Gasteiger partial charge in [-0.05, 0) is 24.3 Å². The molecule has 0 saturated carbocycles. The van der Waals surface area contributed by atoms with Gasteiger partial charge in [0.1, 0.15) is 0 Å². The molecule has 0 fully saturated rings. The Hall–Kier alpha value is 0.350. The van der Waals surface area contributed by atoms with E-state index in [2.05, 4.69) is 25.6 Å². The van der Waals surface area contributed by atoms with E-state index < -0.39 is 0 Å². The average molecular weight is 328 g/mol. The lowest BCUT2D eigenvalue weighted by molar-refractivity contribution is 0.531. The summed E-state index contributed by atoms with van der Waals surface area (Å²) in [5.74, 6) is 2.60. The number of rotatable bonds is 19. The quantitative estimate of drug-likeness (QED) is 0.215. The van der Waals surface area contributed by atoms with Crippen LogP contribution >= 0.6 is 11.8 Å². The Balaban J connectivity index is 2.91. The highest BCUT2D eigenvalue weighted by atomic mass is 32.2. The van der Waals surface area contributed by atoms with Crippen LogP contribution in [0.4, 0.5) is 0 Å². The summed E-state index contributed by atoms with van der Waals surface area (Å²) < 4.78 is 0. The van der Waals surface area contributed by atoms with Gasteiger partial charge in [-0.3, -0.25) is 0 Å². The largest absolute Gasteiger partial charge is 0.162 e. The van der Waals surface area contributed by atoms with E-state index in [0.717, 1.165) is 6.42 Å². The number of hydrogen-bond acceptors (Lipinski definition) is 1. The third-order valence-corrected chi connectivity index (χ3v) is 5.59. The van der Waals surface area contributed by atoms with E-state index in [1.54, 1.807) is 0 Å². The summed E-state index contributed by atoms with van der Waals surface area (Å²) in [5.41, 5.74) is 0. The maximum atomic E-state index is 3.88. The molecule has 0 aromatic rings. The van der Waals surface area contributed by atoms with Crippen LogP contribution in [-0.4, -0.2) is 11.5 Å². The molecule has 0 aromatic heterocycles. The molecule has 0 N–H and O–H groups in total. The second-order valence-corrected chi connectivity index (χ2v) is 7.99. The number of thioether (sulfide) groups is 1. The zero-order valence-corrected chi connectivity index (χ0v) is 16.4. The first-order chi connectivity index (χ1) is 10.9. The standard InChI is InChI=1S/C21H43S/c1-3-5-6-7-8-9-10-11-12-13-14-15-16-17-18-19-21-22-20-4-2/h2-21H2,1H3. The Bertz CT molecular complexity index is 159. The van der Waals surface area contributed by atoms with Gasteiger partial charge >= 0.3 is 0 Å². The molecular weight excluding hydrogens is 284 g/mol. The van der Waals surface area contributed by atoms with E-state index in [-0.39, 0.29) is 0 Å². The highest BCUT2D eigenvalue weighted by molar-refractivity contribution is 7.99. The van der Waals surface area contributed by atoms with Crippen molar-refractivity contribution >= 4 is 11.8 Å². The highest BCUT2D eigenvalue weighted by Crippen LogP contribution is 2.14. The van der Waals surface area contributed by atoms with Crippen LogP contribution in [-0.2, 0) is 0 Å². The van der Waals surface area contributed by atoms with Crippen LogP contribution in [0.15, 0.2) is 0 Å². The molecule has 0 aromatic carbocycles. The minimum Gasteiger partial charge on any atom is -0.162 e. The van der Waals surface area contributed by atoms with Crippen LogP contribution in [0.1, 0.15) is 116 Å². The lowest BCUT2D eigenvalue weighted by Gasteiger charge is -2.03. The third-order valence-electron chi connectivity index (χ3n) is 4.43. The maximum Gasteiger partial charge on any atom is -0.00675 e. The first-order valence-electron chi connectivity index (χ1n) is 10.3. The predicted molar refractivity (Wildman–Crippen MR) is 107 cm³/mol. The molecule has 0 nitrogen and oxygen atoms in total.